The molecule has 0 saturated carbocycles. The molecule has 0 unspecified atom stereocenters. The summed E-state index contributed by atoms with van der Waals surface area (Å²) in [5, 5.41) is 6.54. The van der Waals surface area contributed by atoms with Gasteiger partial charge in [0, 0.05) is 42.1 Å². The molecular formula is C27H22F3N5OS. The van der Waals surface area contributed by atoms with Crippen LogP contribution >= 0.6 is 12.2 Å². The molecule has 0 radical (unpaired) electrons. The van der Waals surface area contributed by atoms with Crippen LogP contribution in [0.5, 0.6) is 0 Å². The topological polar surface area (TPSA) is 62.2 Å². The van der Waals surface area contributed by atoms with Crippen molar-refractivity contribution in [2.45, 2.75) is 25.2 Å². The number of anilines is 2. The molecule has 2 atom stereocenters. The second kappa shape index (κ2) is 9.70. The summed E-state index contributed by atoms with van der Waals surface area (Å²) in [6, 6.07) is 20.9. The van der Waals surface area contributed by atoms with Gasteiger partial charge in [-0.05, 0) is 78.9 Å². The highest BCUT2D eigenvalue weighted by molar-refractivity contribution is 7.80. The van der Waals surface area contributed by atoms with Crippen molar-refractivity contribution in [2.75, 3.05) is 10.2 Å². The molecular weight excluding hydrogens is 499 g/mol. The van der Waals surface area contributed by atoms with Crippen LogP contribution in [0.2, 0.25) is 0 Å². The Balaban J connectivity index is 1.62. The fraction of sp³-hybridized carbons (Fsp3) is 0.148. The van der Waals surface area contributed by atoms with E-state index in [9.17, 15) is 18.0 Å². The van der Waals surface area contributed by atoms with Crippen LogP contribution < -0.4 is 15.5 Å². The molecule has 1 amide bonds. The van der Waals surface area contributed by atoms with E-state index in [2.05, 4.69) is 15.6 Å². The van der Waals surface area contributed by atoms with Crippen LogP contribution in [0, 0.1) is 0 Å². The number of thiocarbonyl (C=S) groups is 1. The molecule has 37 heavy (non-hydrogen) atoms. The van der Waals surface area contributed by atoms with Crippen LogP contribution in [0.25, 0.3) is 5.69 Å². The minimum absolute atomic E-state index is 0.182. The number of hydrogen-bond donors (Lipinski definition) is 2. The number of pyridine rings is 1. The summed E-state index contributed by atoms with van der Waals surface area (Å²) in [6.45, 7) is 1.43. The van der Waals surface area contributed by atoms with Crippen LogP contribution in [0.1, 0.15) is 36.0 Å². The second-order valence-electron chi connectivity index (χ2n) is 8.58. The molecule has 6 nitrogen and oxygen atoms in total. The molecule has 1 saturated heterocycles. The van der Waals surface area contributed by atoms with Crippen molar-refractivity contribution in [1.82, 2.24) is 14.9 Å². The van der Waals surface area contributed by atoms with Crippen LogP contribution in [0.3, 0.4) is 0 Å². The maximum Gasteiger partial charge on any atom is 0.416 e. The summed E-state index contributed by atoms with van der Waals surface area (Å²) in [7, 11) is 0. The van der Waals surface area contributed by atoms with Gasteiger partial charge in [0.15, 0.2) is 5.11 Å². The third-order valence-corrected chi connectivity index (χ3v) is 6.41. The van der Waals surface area contributed by atoms with E-state index in [-0.39, 0.29) is 11.9 Å². The first-order valence-electron chi connectivity index (χ1n) is 11.5. The smallest absolute Gasteiger partial charge is 0.351 e. The van der Waals surface area contributed by atoms with Crippen molar-refractivity contribution in [2.24, 2.45) is 0 Å². The summed E-state index contributed by atoms with van der Waals surface area (Å²) < 4.78 is 42.1. The van der Waals surface area contributed by atoms with E-state index < -0.39 is 17.8 Å². The Labute approximate surface area is 216 Å². The molecule has 2 aromatic heterocycles. The lowest BCUT2D eigenvalue weighted by molar-refractivity contribution is -0.137. The van der Waals surface area contributed by atoms with Gasteiger partial charge in [-0.3, -0.25) is 9.78 Å². The number of halogens is 3. The van der Waals surface area contributed by atoms with Crippen molar-refractivity contribution < 1.29 is 18.0 Å². The van der Waals surface area contributed by atoms with E-state index in [0.717, 1.165) is 29.2 Å². The number of nitrogens with zero attached hydrogens (tertiary/aromatic N) is 3. The van der Waals surface area contributed by atoms with E-state index in [0.29, 0.717) is 16.5 Å². The quantitative estimate of drug-likeness (QED) is 0.314. The third kappa shape index (κ3) is 4.92. The Kier molecular flexibility index (Phi) is 6.43. The highest BCUT2D eigenvalue weighted by Crippen LogP contribution is 2.42. The van der Waals surface area contributed by atoms with Crippen LogP contribution in [-0.2, 0) is 11.0 Å². The zero-order valence-electron chi connectivity index (χ0n) is 19.6. The molecule has 0 aliphatic carbocycles. The Morgan fingerprint density at radius 2 is 1.78 bits per heavy atom. The minimum atomic E-state index is -4.46. The lowest BCUT2D eigenvalue weighted by Gasteiger charge is -2.29. The van der Waals surface area contributed by atoms with Gasteiger partial charge >= 0.3 is 6.18 Å². The van der Waals surface area contributed by atoms with E-state index in [1.165, 1.54) is 13.0 Å². The number of nitrogens with one attached hydrogen (secondary N) is 2. The van der Waals surface area contributed by atoms with Gasteiger partial charge in [-0.25, -0.2) is 0 Å². The molecule has 2 aromatic carbocycles. The van der Waals surface area contributed by atoms with Gasteiger partial charge in [-0.15, -0.1) is 0 Å². The predicted octanol–water partition coefficient (Wildman–Crippen LogP) is 6.03. The monoisotopic (exact) mass is 521 g/mol. The Morgan fingerprint density at radius 3 is 2.46 bits per heavy atom. The third-order valence-electron chi connectivity index (χ3n) is 6.10. The molecule has 188 valence electrons. The lowest BCUT2D eigenvalue weighted by Crippen LogP contribution is -2.30. The number of alkyl halides is 3. The zero-order valence-corrected chi connectivity index (χ0v) is 20.4. The zero-order chi connectivity index (χ0) is 26.2. The Bertz CT molecular complexity index is 1440. The van der Waals surface area contributed by atoms with Crippen molar-refractivity contribution in [1.29, 1.82) is 0 Å². The molecule has 2 N–H and O–H groups in total. The van der Waals surface area contributed by atoms with Crippen LogP contribution in [0.15, 0.2) is 91.3 Å². The van der Waals surface area contributed by atoms with Gasteiger partial charge < -0.3 is 20.1 Å². The molecule has 1 fully saturated rings. The molecule has 5 rings (SSSR count). The molecule has 3 heterocycles. The standard InChI is InChI=1S/C27H22F3N5OS/c1-17(36)32-19-10-12-20(13-11-19)35-25(24(33-26(35)37)22-8-2-3-14-31-22)23-9-5-15-34(23)21-7-4-6-18(16-21)27(28,29)30/h2-16,24-25H,1H3,(H,32,36)(H,33,37)/t24-,25+/m1/s1. The first-order valence-corrected chi connectivity index (χ1v) is 11.9. The minimum Gasteiger partial charge on any atom is -0.351 e. The van der Waals surface area contributed by atoms with Gasteiger partial charge in [-0.1, -0.05) is 12.1 Å². The van der Waals surface area contributed by atoms with E-state index in [1.54, 1.807) is 41.2 Å². The lowest BCUT2D eigenvalue weighted by atomic mass is 10.0. The summed E-state index contributed by atoms with van der Waals surface area (Å²) in [5.41, 5.74) is 2.52. The average Bonchev–Trinajstić information content (AvgIpc) is 3.49. The summed E-state index contributed by atoms with van der Waals surface area (Å²) in [5.74, 6) is -0.182. The van der Waals surface area contributed by atoms with Crippen LogP contribution in [-0.4, -0.2) is 20.6 Å². The maximum absolute atomic E-state index is 13.5. The number of benzene rings is 2. The second-order valence-corrected chi connectivity index (χ2v) is 8.96. The number of carbonyl (C=O) groups is 1. The first-order chi connectivity index (χ1) is 17.7. The molecule has 4 aromatic rings. The van der Waals surface area contributed by atoms with E-state index >= 15 is 0 Å². The molecule has 10 heteroatoms. The largest absolute Gasteiger partial charge is 0.416 e. The molecule has 1 aliphatic rings. The number of aromatic nitrogens is 2. The molecule has 0 spiro atoms. The normalized spacial score (nSPS) is 17.5. The Morgan fingerprint density at radius 1 is 1.00 bits per heavy atom. The highest BCUT2D eigenvalue weighted by atomic mass is 32.1. The van der Waals surface area contributed by atoms with Gasteiger partial charge in [0.1, 0.15) is 6.04 Å². The van der Waals surface area contributed by atoms with E-state index in [1.807, 2.05) is 41.3 Å². The molecule has 0 bridgehead atoms. The van der Waals surface area contributed by atoms with Gasteiger partial charge in [-0.2, -0.15) is 13.2 Å². The SMILES string of the molecule is CC(=O)Nc1ccc(N2C(=S)N[C@H](c3ccccn3)[C@@H]2c2cccn2-c2cccc(C(F)(F)F)c2)cc1. The van der Waals surface area contributed by atoms with E-state index in [4.69, 9.17) is 12.2 Å². The first kappa shape index (κ1) is 24.5. The predicted molar refractivity (Wildman–Crippen MR) is 139 cm³/mol. The van der Waals surface area contributed by atoms with Gasteiger partial charge in [0.2, 0.25) is 5.91 Å². The maximum atomic E-state index is 13.5. The summed E-state index contributed by atoms with van der Waals surface area (Å²) in [4.78, 5) is 17.9. The fourth-order valence-corrected chi connectivity index (χ4v) is 4.89. The van der Waals surface area contributed by atoms with Crippen LogP contribution in [0.4, 0.5) is 24.5 Å². The number of carbonyl (C=O) groups excluding carboxylic acids is 1. The molecule has 1 aliphatic heterocycles. The highest BCUT2D eigenvalue weighted by Gasteiger charge is 2.42. The van der Waals surface area contributed by atoms with Gasteiger partial charge in [0.25, 0.3) is 0 Å². The van der Waals surface area contributed by atoms with Gasteiger partial charge in [0.05, 0.1) is 17.3 Å². The number of hydrogen-bond acceptors (Lipinski definition) is 3. The van der Waals surface area contributed by atoms with Crippen molar-refractivity contribution in [3.63, 3.8) is 0 Å². The van der Waals surface area contributed by atoms with Crippen molar-refractivity contribution >= 4 is 34.6 Å². The number of rotatable bonds is 5. The fourth-order valence-electron chi connectivity index (χ4n) is 4.54. The summed E-state index contributed by atoms with van der Waals surface area (Å²) in [6.07, 6.45) is -1.04. The van der Waals surface area contributed by atoms with Crippen molar-refractivity contribution in [3.8, 4) is 5.69 Å². The van der Waals surface area contributed by atoms with Crippen molar-refractivity contribution in [3.05, 3.63) is 108 Å². The summed E-state index contributed by atoms with van der Waals surface area (Å²) >= 11 is 5.74. The number of amides is 1. The average molecular weight is 522 g/mol. The Hall–Kier alpha value is -4.18.